The SMILES string of the molecule is CC(=O)N1CCN(c2ccc(Cl)c(Cl)c2)CC1. The fraction of sp³-hybridized carbons (Fsp3) is 0.417. The first-order valence-electron chi connectivity index (χ1n) is 5.53. The van der Waals surface area contributed by atoms with E-state index in [-0.39, 0.29) is 5.91 Å². The molecule has 1 fully saturated rings. The van der Waals surface area contributed by atoms with Crippen molar-refractivity contribution in [1.82, 2.24) is 4.90 Å². The molecule has 2 rings (SSSR count). The number of piperazine rings is 1. The van der Waals surface area contributed by atoms with Crippen molar-refractivity contribution in [3.63, 3.8) is 0 Å². The van der Waals surface area contributed by atoms with Gasteiger partial charge in [0.2, 0.25) is 5.91 Å². The lowest BCUT2D eigenvalue weighted by Gasteiger charge is -2.35. The largest absolute Gasteiger partial charge is 0.368 e. The molecule has 1 heterocycles. The number of amides is 1. The van der Waals surface area contributed by atoms with Crippen molar-refractivity contribution in [3.05, 3.63) is 28.2 Å². The molecular weight excluding hydrogens is 259 g/mol. The Hall–Kier alpha value is -0.930. The van der Waals surface area contributed by atoms with Crippen molar-refractivity contribution in [2.75, 3.05) is 31.1 Å². The van der Waals surface area contributed by atoms with Gasteiger partial charge in [0.05, 0.1) is 10.0 Å². The zero-order chi connectivity index (χ0) is 12.4. The van der Waals surface area contributed by atoms with Gasteiger partial charge in [0.1, 0.15) is 0 Å². The van der Waals surface area contributed by atoms with E-state index in [1.807, 2.05) is 17.0 Å². The van der Waals surface area contributed by atoms with Crippen LogP contribution in [0.4, 0.5) is 5.69 Å². The summed E-state index contributed by atoms with van der Waals surface area (Å²) in [4.78, 5) is 15.3. The Morgan fingerprint density at radius 3 is 2.29 bits per heavy atom. The van der Waals surface area contributed by atoms with Crippen LogP contribution in [-0.2, 0) is 4.79 Å². The highest BCUT2D eigenvalue weighted by molar-refractivity contribution is 6.42. The average Bonchev–Trinajstić information content (AvgIpc) is 2.33. The molecule has 0 aromatic heterocycles. The maximum atomic E-state index is 11.2. The summed E-state index contributed by atoms with van der Waals surface area (Å²) >= 11 is 11.9. The molecule has 1 aromatic rings. The van der Waals surface area contributed by atoms with Gasteiger partial charge in [0, 0.05) is 38.8 Å². The summed E-state index contributed by atoms with van der Waals surface area (Å²) in [5, 5.41) is 1.14. The minimum atomic E-state index is 0.138. The zero-order valence-corrected chi connectivity index (χ0v) is 11.1. The number of benzene rings is 1. The molecule has 3 nitrogen and oxygen atoms in total. The summed E-state index contributed by atoms with van der Waals surface area (Å²) in [6.45, 7) is 4.79. The van der Waals surface area contributed by atoms with Gasteiger partial charge in [-0.25, -0.2) is 0 Å². The van der Waals surface area contributed by atoms with Gasteiger partial charge in [-0.2, -0.15) is 0 Å². The third-order valence-corrected chi connectivity index (χ3v) is 3.73. The summed E-state index contributed by atoms with van der Waals surface area (Å²) in [7, 11) is 0. The molecular formula is C12H14Cl2N2O. The lowest BCUT2D eigenvalue weighted by atomic mass is 10.2. The van der Waals surface area contributed by atoms with Gasteiger partial charge in [-0.15, -0.1) is 0 Å². The Bertz CT molecular complexity index is 429. The van der Waals surface area contributed by atoms with Crippen LogP contribution < -0.4 is 4.90 Å². The second-order valence-electron chi connectivity index (χ2n) is 4.09. The van der Waals surface area contributed by atoms with Gasteiger partial charge in [-0.3, -0.25) is 4.79 Å². The molecule has 1 aliphatic rings. The standard InChI is InChI=1S/C12H14Cl2N2O/c1-9(17)15-4-6-16(7-5-15)10-2-3-11(13)12(14)8-10/h2-3,8H,4-7H2,1H3. The third-order valence-electron chi connectivity index (χ3n) is 2.99. The van der Waals surface area contributed by atoms with Gasteiger partial charge in [-0.05, 0) is 18.2 Å². The molecule has 17 heavy (non-hydrogen) atoms. The van der Waals surface area contributed by atoms with Crippen molar-refractivity contribution in [2.24, 2.45) is 0 Å². The molecule has 1 saturated heterocycles. The molecule has 92 valence electrons. The van der Waals surface area contributed by atoms with Crippen LogP contribution in [0.3, 0.4) is 0 Å². The Morgan fingerprint density at radius 1 is 1.12 bits per heavy atom. The third kappa shape index (κ3) is 2.85. The molecule has 5 heteroatoms. The van der Waals surface area contributed by atoms with Gasteiger partial charge >= 0.3 is 0 Å². The average molecular weight is 273 g/mol. The highest BCUT2D eigenvalue weighted by Crippen LogP contribution is 2.27. The van der Waals surface area contributed by atoms with Gasteiger partial charge in [0.25, 0.3) is 0 Å². The van der Waals surface area contributed by atoms with E-state index in [1.165, 1.54) is 0 Å². The normalized spacial score (nSPS) is 16.2. The van der Waals surface area contributed by atoms with Gasteiger partial charge in [0.15, 0.2) is 0 Å². The first kappa shape index (κ1) is 12.5. The second-order valence-corrected chi connectivity index (χ2v) is 4.91. The molecule has 0 atom stereocenters. The van der Waals surface area contributed by atoms with E-state index in [0.717, 1.165) is 31.9 Å². The van der Waals surface area contributed by atoms with Crippen LogP contribution in [0.15, 0.2) is 18.2 Å². The maximum Gasteiger partial charge on any atom is 0.219 e. The Kier molecular flexibility index (Phi) is 3.79. The second kappa shape index (κ2) is 5.15. The number of hydrogen-bond acceptors (Lipinski definition) is 2. The van der Waals surface area contributed by atoms with Crippen LogP contribution in [0.5, 0.6) is 0 Å². The van der Waals surface area contributed by atoms with Crippen LogP contribution in [0.25, 0.3) is 0 Å². The molecule has 0 N–H and O–H groups in total. The number of anilines is 1. The number of carbonyl (C=O) groups excluding carboxylic acids is 1. The van der Waals surface area contributed by atoms with E-state index >= 15 is 0 Å². The van der Waals surface area contributed by atoms with E-state index in [4.69, 9.17) is 23.2 Å². The highest BCUT2D eigenvalue weighted by atomic mass is 35.5. The van der Waals surface area contributed by atoms with Crippen molar-refractivity contribution >= 4 is 34.8 Å². The number of carbonyl (C=O) groups is 1. The Labute approximate surface area is 111 Å². The van der Waals surface area contributed by atoms with E-state index in [9.17, 15) is 4.79 Å². The fourth-order valence-corrected chi connectivity index (χ4v) is 2.25. The predicted molar refractivity (Wildman–Crippen MR) is 70.9 cm³/mol. The smallest absolute Gasteiger partial charge is 0.219 e. The number of hydrogen-bond donors (Lipinski definition) is 0. The Balaban J connectivity index is 2.05. The fourth-order valence-electron chi connectivity index (χ4n) is 1.96. The highest BCUT2D eigenvalue weighted by Gasteiger charge is 2.19. The molecule has 1 amide bonds. The molecule has 0 aliphatic carbocycles. The summed E-state index contributed by atoms with van der Waals surface area (Å²) in [5.41, 5.74) is 1.06. The van der Waals surface area contributed by atoms with Gasteiger partial charge in [-0.1, -0.05) is 23.2 Å². The van der Waals surface area contributed by atoms with E-state index in [0.29, 0.717) is 10.0 Å². The summed E-state index contributed by atoms with van der Waals surface area (Å²) in [6.07, 6.45) is 0. The number of halogens is 2. The van der Waals surface area contributed by atoms with E-state index in [2.05, 4.69) is 4.90 Å². The van der Waals surface area contributed by atoms with Crippen molar-refractivity contribution in [3.8, 4) is 0 Å². The van der Waals surface area contributed by atoms with Crippen LogP contribution in [0.1, 0.15) is 6.92 Å². The Morgan fingerprint density at radius 2 is 1.76 bits per heavy atom. The van der Waals surface area contributed by atoms with Gasteiger partial charge < -0.3 is 9.80 Å². The van der Waals surface area contributed by atoms with E-state index in [1.54, 1.807) is 13.0 Å². The molecule has 0 bridgehead atoms. The monoisotopic (exact) mass is 272 g/mol. The van der Waals surface area contributed by atoms with Crippen molar-refractivity contribution < 1.29 is 4.79 Å². The topological polar surface area (TPSA) is 23.6 Å². The molecule has 1 aliphatic heterocycles. The molecule has 0 radical (unpaired) electrons. The number of rotatable bonds is 1. The predicted octanol–water partition coefficient (Wildman–Crippen LogP) is 2.66. The summed E-state index contributed by atoms with van der Waals surface area (Å²) in [6, 6.07) is 5.63. The lowest BCUT2D eigenvalue weighted by molar-refractivity contribution is -0.129. The van der Waals surface area contributed by atoms with Crippen molar-refractivity contribution in [1.29, 1.82) is 0 Å². The minimum absolute atomic E-state index is 0.138. The lowest BCUT2D eigenvalue weighted by Crippen LogP contribution is -2.48. The quantitative estimate of drug-likeness (QED) is 0.785. The molecule has 0 saturated carbocycles. The van der Waals surface area contributed by atoms with Crippen LogP contribution in [-0.4, -0.2) is 37.0 Å². The maximum absolute atomic E-state index is 11.2. The number of nitrogens with zero attached hydrogens (tertiary/aromatic N) is 2. The first-order chi connectivity index (χ1) is 8.08. The summed E-state index contributed by atoms with van der Waals surface area (Å²) < 4.78 is 0. The van der Waals surface area contributed by atoms with Crippen LogP contribution >= 0.6 is 23.2 Å². The first-order valence-corrected chi connectivity index (χ1v) is 6.29. The molecule has 0 unspecified atom stereocenters. The minimum Gasteiger partial charge on any atom is -0.368 e. The van der Waals surface area contributed by atoms with E-state index < -0.39 is 0 Å². The van der Waals surface area contributed by atoms with Crippen LogP contribution in [0, 0.1) is 0 Å². The molecule has 0 spiro atoms. The van der Waals surface area contributed by atoms with Crippen LogP contribution in [0.2, 0.25) is 10.0 Å². The van der Waals surface area contributed by atoms with Crippen molar-refractivity contribution in [2.45, 2.75) is 6.92 Å². The summed E-state index contributed by atoms with van der Waals surface area (Å²) in [5.74, 6) is 0.138. The zero-order valence-electron chi connectivity index (χ0n) is 9.62. The molecule has 1 aromatic carbocycles.